The summed E-state index contributed by atoms with van der Waals surface area (Å²) in [7, 11) is 5.70. The summed E-state index contributed by atoms with van der Waals surface area (Å²) in [6.45, 7) is 0. The van der Waals surface area contributed by atoms with Gasteiger partial charge in [-0.3, -0.25) is 4.79 Å². The van der Waals surface area contributed by atoms with Crippen LogP contribution < -0.4 is 19.5 Å². The third-order valence-corrected chi connectivity index (χ3v) is 4.00. The molecule has 0 aliphatic heterocycles. The molecule has 0 bridgehead atoms. The highest BCUT2D eigenvalue weighted by atomic mass is 32.2. The molecule has 7 nitrogen and oxygen atoms in total. The molecule has 1 atom stereocenters. The van der Waals surface area contributed by atoms with Crippen molar-refractivity contribution in [3.05, 3.63) is 17.7 Å². The Morgan fingerprint density at radius 2 is 1.62 bits per heavy atom. The highest BCUT2D eigenvalue weighted by Gasteiger charge is 2.24. The maximum atomic E-state index is 12.6. The lowest BCUT2D eigenvalue weighted by Gasteiger charge is -2.18. The lowest BCUT2D eigenvalue weighted by atomic mass is 10.1. The van der Waals surface area contributed by atoms with E-state index in [9.17, 15) is 9.59 Å². The van der Waals surface area contributed by atoms with Crippen molar-refractivity contribution in [2.75, 3.05) is 40.4 Å². The molecule has 0 saturated carbocycles. The summed E-state index contributed by atoms with van der Waals surface area (Å²) in [5.41, 5.74) is 0.244. The predicted molar refractivity (Wildman–Crippen MR) is 92.4 cm³/mol. The van der Waals surface area contributed by atoms with Crippen molar-refractivity contribution in [1.82, 2.24) is 5.32 Å². The lowest BCUT2D eigenvalue weighted by molar-refractivity contribution is -0.142. The highest BCUT2D eigenvalue weighted by Crippen LogP contribution is 2.34. The Balaban J connectivity index is 3.09. The number of rotatable bonds is 9. The van der Waals surface area contributed by atoms with Crippen molar-refractivity contribution in [3.63, 3.8) is 0 Å². The molecular weight excluding hydrogens is 334 g/mol. The summed E-state index contributed by atoms with van der Waals surface area (Å²) >= 11 is 1.58. The van der Waals surface area contributed by atoms with Gasteiger partial charge in [-0.25, -0.2) is 4.79 Å². The third kappa shape index (κ3) is 4.95. The van der Waals surface area contributed by atoms with Crippen LogP contribution in [0.4, 0.5) is 0 Å². The van der Waals surface area contributed by atoms with Gasteiger partial charge in [0.05, 0.1) is 34.0 Å². The molecule has 0 spiro atoms. The van der Waals surface area contributed by atoms with Crippen LogP contribution in [0.15, 0.2) is 12.1 Å². The van der Waals surface area contributed by atoms with E-state index < -0.39 is 17.9 Å². The van der Waals surface area contributed by atoms with Gasteiger partial charge in [0.1, 0.15) is 11.8 Å². The number of hydrogen-bond acceptors (Lipinski definition) is 7. The molecule has 1 aromatic rings. The predicted octanol–water partition coefficient (Wildman–Crippen LogP) is 1.74. The molecule has 134 valence electrons. The minimum Gasteiger partial charge on any atom is -0.496 e. The van der Waals surface area contributed by atoms with Crippen molar-refractivity contribution >= 4 is 23.6 Å². The van der Waals surface area contributed by atoms with E-state index in [1.165, 1.54) is 34.5 Å². The van der Waals surface area contributed by atoms with Gasteiger partial charge in [-0.15, -0.1) is 0 Å². The van der Waals surface area contributed by atoms with Crippen LogP contribution in [0.5, 0.6) is 17.2 Å². The van der Waals surface area contributed by atoms with Crippen LogP contribution in [0.1, 0.15) is 16.8 Å². The summed E-state index contributed by atoms with van der Waals surface area (Å²) < 4.78 is 20.4. The SMILES string of the molecule is COC(=O)[C@H](CCSC)NC(=O)c1cc(OC)c(OC)cc1OC. The van der Waals surface area contributed by atoms with Gasteiger partial charge in [0.15, 0.2) is 11.5 Å². The van der Waals surface area contributed by atoms with Crippen molar-refractivity contribution < 1.29 is 28.5 Å². The van der Waals surface area contributed by atoms with Crippen LogP contribution in [0.3, 0.4) is 0 Å². The summed E-state index contributed by atoms with van der Waals surface area (Å²) in [6, 6.07) is 2.34. The Kier molecular flexibility index (Phi) is 8.25. The van der Waals surface area contributed by atoms with E-state index in [2.05, 4.69) is 5.32 Å². The van der Waals surface area contributed by atoms with Crippen LogP contribution in [-0.2, 0) is 9.53 Å². The molecule has 0 radical (unpaired) electrons. The van der Waals surface area contributed by atoms with Gasteiger partial charge >= 0.3 is 5.97 Å². The molecule has 0 fully saturated rings. The highest BCUT2D eigenvalue weighted by molar-refractivity contribution is 7.98. The molecule has 0 aromatic heterocycles. The smallest absolute Gasteiger partial charge is 0.328 e. The molecule has 0 saturated heterocycles. The summed E-state index contributed by atoms with van der Waals surface area (Å²) in [5.74, 6) is 0.920. The zero-order valence-electron chi connectivity index (χ0n) is 14.5. The van der Waals surface area contributed by atoms with Crippen LogP contribution in [0.2, 0.25) is 0 Å². The van der Waals surface area contributed by atoms with E-state index in [4.69, 9.17) is 18.9 Å². The molecule has 1 rings (SSSR count). The second kappa shape index (κ2) is 9.92. The largest absolute Gasteiger partial charge is 0.496 e. The molecule has 0 heterocycles. The molecular formula is C16H23NO6S. The van der Waals surface area contributed by atoms with Crippen LogP contribution in [0, 0.1) is 0 Å². The first kappa shape index (κ1) is 20.0. The number of carbonyl (C=O) groups excluding carboxylic acids is 2. The molecule has 0 aliphatic rings. The second-order valence-corrected chi connectivity index (χ2v) is 5.72. The number of hydrogen-bond donors (Lipinski definition) is 1. The minimum atomic E-state index is -0.729. The molecule has 24 heavy (non-hydrogen) atoms. The van der Waals surface area contributed by atoms with Crippen molar-refractivity contribution in [2.24, 2.45) is 0 Å². The van der Waals surface area contributed by atoms with Gasteiger partial charge in [-0.1, -0.05) is 0 Å². The molecule has 1 aromatic carbocycles. The maximum Gasteiger partial charge on any atom is 0.328 e. The maximum absolute atomic E-state index is 12.6. The fourth-order valence-corrected chi connectivity index (χ4v) is 2.54. The van der Waals surface area contributed by atoms with E-state index >= 15 is 0 Å². The van der Waals surface area contributed by atoms with Gasteiger partial charge in [-0.2, -0.15) is 11.8 Å². The van der Waals surface area contributed by atoms with Gasteiger partial charge in [0, 0.05) is 12.1 Å². The Morgan fingerprint density at radius 3 is 2.12 bits per heavy atom. The Morgan fingerprint density at radius 1 is 1.04 bits per heavy atom. The first-order valence-corrected chi connectivity index (χ1v) is 8.59. The number of carbonyl (C=O) groups is 2. The second-order valence-electron chi connectivity index (χ2n) is 4.74. The average Bonchev–Trinajstić information content (AvgIpc) is 2.62. The third-order valence-electron chi connectivity index (χ3n) is 3.35. The summed E-state index contributed by atoms with van der Waals surface area (Å²) in [5, 5.41) is 2.68. The summed E-state index contributed by atoms with van der Waals surface area (Å²) in [6.07, 6.45) is 2.39. The van der Waals surface area contributed by atoms with Crippen molar-refractivity contribution in [2.45, 2.75) is 12.5 Å². The van der Waals surface area contributed by atoms with E-state index in [-0.39, 0.29) is 5.56 Å². The zero-order valence-corrected chi connectivity index (χ0v) is 15.3. The fourth-order valence-electron chi connectivity index (χ4n) is 2.07. The normalized spacial score (nSPS) is 11.4. The fraction of sp³-hybridized carbons (Fsp3) is 0.500. The number of esters is 1. The number of ether oxygens (including phenoxy) is 4. The van der Waals surface area contributed by atoms with Crippen LogP contribution in [-0.4, -0.2) is 58.4 Å². The molecule has 0 unspecified atom stereocenters. The first-order chi connectivity index (χ1) is 11.5. The van der Waals surface area contributed by atoms with Crippen LogP contribution in [0.25, 0.3) is 0 Å². The molecule has 8 heteroatoms. The lowest BCUT2D eigenvalue weighted by Crippen LogP contribution is -2.42. The van der Waals surface area contributed by atoms with E-state index in [0.717, 1.165) is 0 Å². The Hall–Kier alpha value is -2.09. The quantitative estimate of drug-likeness (QED) is 0.674. The number of nitrogens with one attached hydrogen (secondary N) is 1. The molecule has 1 N–H and O–H groups in total. The molecule has 1 amide bonds. The van der Waals surface area contributed by atoms with Crippen molar-refractivity contribution in [1.29, 1.82) is 0 Å². The average molecular weight is 357 g/mol. The van der Waals surface area contributed by atoms with E-state index in [1.54, 1.807) is 17.8 Å². The topological polar surface area (TPSA) is 83.1 Å². The zero-order chi connectivity index (χ0) is 18.1. The number of methoxy groups -OCH3 is 4. The van der Waals surface area contributed by atoms with Gasteiger partial charge < -0.3 is 24.3 Å². The van der Waals surface area contributed by atoms with Crippen molar-refractivity contribution in [3.8, 4) is 17.2 Å². The number of benzene rings is 1. The number of amides is 1. The van der Waals surface area contributed by atoms with E-state index in [1.807, 2.05) is 6.26 Å². The molecule has 0 aliphatic carbocycles. The standard InChI is InChI=1S/C16H23NO6S/c1-20-12-9-14(22-3)13(21-2)8-10(12)15(18)17-11(6-7-24-5)16(19)23-4/h8-9,11H,6-7H2,1-5H3,(H,17,18)/t11-/m0/s1. The minimum absolute atomic E-state index is 0.244. The monoisotopic (exact) mass is 357 g/mol. The summed E-state index contributed by atoms with van der Waals surface area (Å²) in [4.78, 5) is 24.4. The van der Waals surface area contributed by atoms with Gasteiger partial charge in [0.2, 0.25) is 0 Å². The first-order valence-electron chi connectivity index (χ1n) is 7.19. The van der Waals surface area contributed by atoms with Crippen LogP contribution >= 0.6 is 11.8 Å². The Bertz CT molecular complexity index is 578. The number of thioether (sulfide) groups is 1. The van der Waals surface area contributed by atoms with E-state index in [0.29, 0.717) is 29.4 Å². The van der Waals surface area contributed by atoms with Gasteiger partial charge in [-0.05, 0) is 18.4 Å². The van der Waals surface area contributed by atoms with Gasteiger partial charge in [0.25, 0.3) is 5.91 Å². The Labute approximate surface area is 146 Å².